The first-order valence-electron chi connectivity index (χ1n) is 18.7. The number of thiophene rings is 1. The largest absolute Gasteiger partial charge is 0.456 e. The monoisotopic (exact) mass is 719 g/mol. The number of furan rings is 1. The molecule has 0 atom stereocenters. The minimum atomic E-state index is 0.884. The molecule has 9 aromatic carbocycles. The van der Waals surface area contributed by atoms with Crippen molar-refractivity contribution in [2.75, 3.05) is 4.90 Å². The molecule has 0 aliphatic heterocycles. The highest BCUT2D eigenvalue weighted by atomic mass is 32.1. The van der Waals surface area contributed by atoms with E-state index in [1.807, 2.05) is 23.5 Å². The summed E-state index contributed by atoms with van der Waals surface area (Å²) < 4.78 is 9.00. The Morgan fingerprint density at radius 3 is 1.95 bits per heavy atom. The van der Waals surface area contributed by atoms with Gasteiger partial charge in [-0.25, -0.2) is 0 Å². The van der Waals surface area contributed by atoms with E-state index in [1.54, 1.807) is 0 Å². The lowest BCUT2D eigenvalue weighted by atomic mass is 9.94. The van der Waals surface area contributed by atoms with Gasteiger partial charge in [0.1, 0.15) is 11.2 Å². The molecule has 0 saturated heterocycles. The topological polar surface area (TPSA) is 16.4 Å². The Morgan fingerprint density at radius 1 is 0.345 bits per heavy atom. The minimum absolute atomic E-state index is 0.884. The van der Waals surface area contributed by atoms with Crippen molar-refractivity contribution >= 4 is 81.3 Å². The summed E-state index contributed by atoms with van der Waals surface area (Å²) in [6.07, 6.45) is 0. The zero-order chi connectivity index (χ0) is 36.3. The molecule has 0 saturated carbocycles. The second-order valence-corrected chi connectivity index (χ2v) is 15.2. The van der Waals surface area contributed by atoms with E-state index in [2.05, 4.69) is 193 Å². The van der Waals surface area contributed by atoms with Gasteiger partial charge in [0, 0.05) is 47.8 Å². The van der Waals surface area contributed by atoms with Gasteiger partial charge in [-0.15, -0.1) is 11.3 Å². The molecule has 3 heteroatoms. The smallest absolute Gasteiger partial charge is 0.136 e. The van der Waals surface area contributed by atoms with Crippen LogP contribution in [0.2, 0.25) is 0 Å². The van der Waals surface area contributed by atoms with Crippen molar-refractivity contribution in [2.24, 2.45) is 0 Å². The van der Waals surface area contributed by atoms with Crippen LogP contribution in [0.15, 0.2) is 205 Å². The molecule has 0 fully saturated rings. The highest BCUT2D eigenvalue weighted by Gasteiger charge is 2.23. The Kier molecular flexibility index (Phi) is 7.39. The third kappa shape index (κ3) is 5.40. The van der Waals surface area contributed by atoms with Gasteiger partial charge in [0.15, 0.2) is 0 Å². The van der Waals surface area contributed by atoms with Crippen molar-refractivity contribution in [3.63, 3.8) is 0 Å². The number of anilines is 3. The van der Waals surface area contributed by atoms with Crippen LogP contribution in [0.3, 0.4) is 0 Å². The van der Waals surface area contributed by atoms with Crippen LogP contribution in [0.4, 0.5) is 17.1 Å². The van der Waals surface area contributed by atoms with Crippen LogP contribution in [-0.4, -0.2) is 0 Å². The van der Waals surface area contributed by atoms with E-state index in [0.717, 1.165) is 66.8 Å². The van der Waals surface area contributed by atoms with Gasteiger partial charge in [-0.05, 0) is 93.7 Å². The Labute approximate surface area is 322 Å². The average molecular weight is 720 g/mol. The van der Waals surface area contributed by atoms with Crippen molar-refractivity contribution in [3.8, 4) is 33.4 Å². The number of para-hydroxylation sites is 2. The van der Waals surface area contributed by atoms with E-state index in [0.29, 0.717) is 0 Å². The first-order chi connectivity index (χ1) is 27.2. The maximum atomic E-state index is 6.42. The van der Waals surface area contributed by atoms with E-state index in [4.69, 9.17) is 4.42 Å². The quantitative estimate of drug-likeness (QED) is 0.170. The lowest BCUT2D eigenvalue weighted by molar-refractivity contribution is 0.669. The Bertz CT molecular complexity index is 3230. The molecule has 2 nitrogen and oxygen atoms in total. The van der Waals surface area contributed by atoms with Gasteiger partial charge >= 0.3 is 0 Å². The fourth-order valence-electron chi connectivity index (χ4n) is 8.19. The molecule has 2 heterocycles. The third-order valence-electron chi connectivity index (χ3n) is 10.9. The Hall–Kier alpha value is -6.94. The van der Waals surface area contributed by atoms with Gasteiger partial charge in [0.2, 0.25) is 0 Å². The number of fused-ring (bicyclic) bond motifs is 7. The summed E-state index contributed by atoms with van der Waals surface area (Å²) in [5, 5.41) is 7.26. The maximum Gasteiger partial charge on any atom is 0.136 e. The number of hydrogen-bond donors (Lipinski definition) is 0. The number of rotatable bonds is 6. The molecule has 0 unspecified atom stereocenters. The van der Waals surface area contributed by atoms with Gasteiger partial charge in [-0.1, -0.05) is 140 Å². The molecule has 0 aliphatic rings. The molecule has 0 N–H and O–H groups in total. The predicted molar refractivity (Wildman–Crippen MR) is 235 cm³/mol. The molecule has 0 spiro atoms. The van der Waals surface area contributed by atoms with Crippen LogP contribution in [0, 0.1) is 0 Å². The van der Waals surface area contributed by atoms with Gasteiger partial charge in [-0.3, -0.25) is 0 Å². The van der Waals surface area contributed by atoms with Gasteiger partial charge < -0.3 is 9.32 Å². The SMILES string of the molecule is c1ccc(-c2ccc(-c3ccc4ccccc4c3)cc2N(c2ccc3sc4ccccc4c3c2)c2ccccc2-c2ccc3c(c2)oc2ccccc23)cc1. The molecule has 258 valence electrons. The molecule has 0 aliphatic carbocycles. The molecule has 2 aromatic heterocycles. The number of hydrogen-bond acceptors (Lipinski definition) is 3. The molecular weight excluding hydrogens is 687 g/mol. The van der Waals surface area contributed by atoms with Crippen LogP contribution in [0.5, 0.6) is 0 Å². The van der Waals surface area contributed by atoms with E-state index in [-0.39, 0.29) is 0 Å². The average Bonchev–Trinajstić information content (AvgIpc) is 3.82. The first kappa shape index (κ1) is 31.6. The third-order valence-corrected chi connectivity index (χ3v) is 12.0. The highest BCUT2D eigenvalue weighted by molar-refractivity contribution is 7.25. The van der Waals surface area contributed by atoms with Crippen molar-refractivity contribution in [1.82, 2.24) is 0 Å². The van der Waals surface area contributed by atoms with Gasteiger partial charge in [0.25, 0.3) is 0 Å². The van der Waals surface area contributed by atoms with Crippen LogP contribution >= 0.6 is 11.3 Å². The molecule has 11 aromatic rings. The summed E-state index contributed by atoms with van der Waals surface area (Å²) in [6, 6.07) is 72.5. The number of nitrogens with zero attached hydrogens (tertiary/aromatic N) is 1. The van der Waals surface area contributed by atoms with Crippen molar-refractivity contribution in [1.29, 1.82) is 0 Å². The lowest BCUT2D eigenvalue weighted by Gasteiger charge is -2.30. The molecule has 11 rings (SSSR count). The summed E-state index contributed by atoms with van der Waals surface area (Å²) in [5.41, 5.74) is 12.0. The predicted octanol–water partition coefficient (Wildman–Crippen LogP) is 15.6. The van der Waals surface area contributed by atoms with Gasteiger partial charge in [0.05, 0.1) is 11.4 Å². The fourth-order valence-corrected chi connectivity index (χ4v) is 9.28. The molecule has 0 amide bonds. The zero-order valence-electron chi connectivity index (χ0n) is 29.8. The van der Waals surface area contributed by atoms with Crippen LogP contribution in [0.1, 0.15) is 0 Å². The zero-order valence-corrected chi connectivity index (χ0v) is 30.6. The van der Waals surface area contributed by atoms with E-state index in [9.17, 15) is 0 Å². The van der Waals surface area contributed by atoms with Gasteiger partial charge in [-0.2, -0.15) is 0 Å². The van der Waals surface area contributed by atoms with Crippen molar-refractivity contribution in [3.05, 3.63) is 200 Å². The summed E-state index contributed by atoms with van der Waals surface area (Å²) in [4.78, 5) is 2.47. The molecule has 0 radical (unpaired) electrons. The Balaban J connectivity index is 1.19. The maximum absolute atomic E-state index is 6.42. The normalized spacial score (nSPS) is 11.6. The molecule has 55 heavy (non-hydrogen) atoms. The van der Waals surface area contributed by atoms with E-state index >= 15 is 0 Å². The second-order valence-electron chi connectivity index (χ2n) is 14.1. The van der Waals surface area contributed by atoms with E-state index < -0.39 is 0 Å². The summed E-state index contributed by atoms with van der Waals surface area (Å²) in [5.74, 6) is 0. The number of benzene rings is 9. The van der Waals surface area contributed by atoms with Crippen LogP contribution in [0.25, 0.3) is 86.3 Å². The van der Waals surface area contributed by atoms with Crippen molar-refractivity contribution < 1.29 is 4.42 Å². The lowest BCUT2D eigenvalue weighted by Crippen LogP contribution is -2.12. The summed E-state index contributed by atoms with van der Waals surface area (Å²) >= 11 is 1.85. The Morgan fingerprint density at radius 2 is 1.02 bits per heavy atom. The van der Waals surface area contributed by atoms with Crippen LogP contribution < -0.4 is 4.90 Å². The first-order valence-corrected chi connectivity index (χ1v) is 19.5. The minimum Gasteiger partial charge on any atom is -0.456 e. The van der Waals surface area contributed by atoms with Crippen LogP contribution in [-0.2, 0) is 0 Å². The second kappa shape index (κ2) is 12.9. The summed E-state index contributed by atoms with van der Waals surface area (Å²) in [6.45, 7) is 0. The van der Waals surface area contributed by atoms with Crippen molar-refractivity contribution in [2.45, 2.75) is 0 Å². The molecule has 0 bridgehead atoms. The summed E-state index contributed by atoms with van der Waals surface area (Å²) in [7, 11) is 0. The fraction of sp³-hybridized carbons (Fsp3) is 0. The standard InChI is InChI=1S/C52H33NOS/c1-2-13-35(14-3-1)42-27-24-38(37-23-22-34-12-4-5-15-36(34)30-37)31-48(42)53(40-26-29-52-46(33-40)45-18-8-11-21-51(45)55-52)47-19-9-6-16-41(47)39-25-28-44-43-17-7-10-20-49(43)54-50(44)32-39/h1-33H. The van der Waals surface area contributed by atoms with E-state index in [1.165, 1.54) is 36.5 Å². The highest BCUT2D eigenvalue weighted by Crippen LogP contribution is 2.48. The molecular formula is C52H33NOS.